The van der Waals surface area contributed by atoms with E-state index in [9.17, 15) is 9.59 Å². The fourth-order valence-electron chi connectivity index (χ4n) is 12.6. The summed E-state index contributed by atoms with van der Waals surface area (Å²) in [4.78, 5) is 45.2. The molecule has 0 atom stereocenters. The molecular weight excluding hydrogens is 1350 g/mol. The second kappa shape index (κ2) is 30.0. The molecule has 516 valence electrons. The number of aryl methyl sites for hydroxylation is 2. The fourth-order valence-corrected chi connectivity index (χ4v) is 15.8. The topological polar surface area (TPSA) is 142 Å². The van der Waals surface area contributed by atoms with E-state index in [0.29, 0.717) is 6.10 Å². The zero-order chi connectivity index (χ0) is 69.5. The Morgan fingerprint density at radius 2 is 0.928 bits per heavy atom. The van der Waals surface area contributed by atoms with E-state index >= 15 is 0 Å². The molecule has 0 radical (unpaired) electrons. The molecular formula is C77H100BBrCl2N8O6Si2. The van der Waals surface area contributed by atoms with Crippen LogP contribution in [0.5, 0.6) is 0 Å². The van der Waals surface area contributed by atoms with Crippen molar-refractivity contribution in [3.8, 4) is 33.6 Å². The standard InChI is InChI=1S/C34H40N4O2Si.C23H32BrN3O2Si.C17H20BNO2.C2H4Cl2.CH4/c1-34(2,3)41(5,6)40-27-16-14-26(15-17-27)38-32-28-20-24(12-19-30(28)36-22-31(32)37(4)33(38)39)25-13-18-29(35-21-25)23-10-8-7-9-11-23;1-23(2,3)30(5,6)29-17-10-8-16(9-11-17)27-21-18-13-15(24)7-12-19(18)25-14-20(21)26(4)22(27)28;1-16(2)17(3,4)21-18(20-16)14-10-11-15(19-12-14)13-8-6-5-7-9-13;1-2(3)4;/h7-13,18-22,26-27H,14-17H2,1-6H3;7,12-14,16-17H,8-11H2,1-6H3;5-12H,1-4H3;2H,1H3;1H4. The lowest BCUT2D eigenvalue weighted by molar-refractivity contribution is 0.00578. The summed E-state index contributed by atoms with van der Waals surface area (Å²) in [6, 6.07) is 41.3. The molecule has 1 aliphatic heterocycles. The van der Waals surface area contributed by atoms with Gasteiger partial charge in [-0.25, -0.2) is 9.59 Å². The molecule has 7 heterocycles. The summed E-state index contributed by atoms with van der Waals surface area (Å²) in [6.45, 7) is 33.0. The molecule has 4 aromatic carbocycles. The van der Waals surface area contributed by atoms with Crippen LogP contribution in [0.4, 0.5) is 0 Å². The molecule has 3 aliphatic rings. The molecule has 20 heteroatoms. The maximum Gasteiger partial charge on any atom is 0.496 e. The van der Waals surface area contributed by atoms with Gasteiger partial charge in [0.25, 0.3) is 0 Å². The maximum atomic E-state index is 13.7. The zero-order valence-corrected chi connectivity index (χ0v) is 64.2. The van der Waals surface area contributed by atoms with Gasteiger partial charge < -0.3 is 18.2 Å². The summed E-state index contributed by atoms with van der Waals surface area (Å²) in [5, 5.41) is 2.44. The molecule has 1 saturated heterocycles. The van der Waals surface area contributed by atoms with Gasteiger partial charge in [0.2, 0.25) is 0 Å². The second-order valence-corrected chi connectivity index (χ2v) is 42.1. The summed E-state index contributed by atoms with van der Waals surface area (Å²) in [5.74, 6) is 0. The molecule has 0 spiro atoms. The van der Waals surface area contributed by atoms with Crippen molar-refractivity contribution >= 4 is 112 Å². The Balaban J connectivity index is 0.000000173. The molecule has 6 aromatic heterocycles. The highest BCUT2D eigenvalue weighted by atomic mass is 79.9. The Labute approximate surface area is 595 Å². The molecule has 13 rings (SSSR count). The number of pyridine rings is 4. The lowest BCUT2D eigenvalue weighted by Gasteiger charge is -2.41. The van der Waals surface area contributed by atoms with Crippen LogP contribution in [-0.2, 0) is 32.3 Å². The molecule has 0 bridgehead atoms. The van der Waals surface area contributed by atoms with Gasteiger partial charge in [-0.2, -0.15) is 0 Å². The molecule has 14 nitrogen and oxygen atoms in total. The lowest BCUT2D eigenvalue weighted by atomic mass is 9.80. The van der Waals surface area contributed by atoms with Crippen molar-refractivity contribution in [2.24, 2.45) is 14.1 Å². The molecule has 97 heavy (non-hydrogen) atoms. The minimum Gasteiger partial charge on any atom is -0.414 e. The third kappa shape index (κ3) is 16.6. The van der Waals surface area contributed by atoms with Crippen molar-refractivity contribution in [3.05, 3.63) is 172 Å². The maximum absolute atomic E-state index is 13.7. The second-order valence-electron chi connectivity index (χ2n) is 30.2. The van der Waals surface area contributed by atoms with E-state index in [1.807, 2.05) is 109 Å². The first-order chi connectivity index (χ1) is 45.1. The molecule has 2 aliphatic carbocycles. The third-order valence-electron chi connectivity index (χ3n) is 20.9. The van der Waals surface area contributed by atoms with Crippen LogP contribution in [0.2, 0.25) is 36.3 Å². The number of halogens is 3. The van der Waals surface area contributed by atoms with Crippen LogP contribution < -0.4 is 16.8 Å². The van der Waals surface area contributed by atoms with Crippen LogP contribution in [0.15, 0.2) is 160 Å². The average molecular weight is 1450 g/mol. The zero-order valence-electron chi connectivity index (χ0n) is 59.1. The number of hydrogen-bond donors (Lipinski definition) is 0. The smallest absolute Gasteiger partial charge is 0.414 e. The minimum absolute atomic E-state index is 0. The van der Waals surface area contributed by atoms with Crippen molar-refractivity contribution in [1.82, 2.24) is 38.2 Å². The number of nitrogens with zero attached hydrogens (tertiary/aromatic N) is 8. The van der Waals surface area contributed by atoms with Gasteiger partial charge in [0.1, 0.15) is 4.84 Å². The van der Waals surface area contributed by atoms with Gasteiger partial charge >= 0.3 is 18.5 Å². The predicted octanol–water partition coefficient (Wildman–Crippen LogP) is 19.8. The van der Waals surface area contributed by atoms with E-state index in [-0.39, 0.29) is 70.2 Å². The van der Waals surface area contributed by atoms with Crippen molar-refractivity contribution in [2.45, 2.75) is 212 Å². The highest BCUT2D eigenvalue weighted by Gasteiger charge is 2.52. The summed E-state index contributed by atoms with van der Waals surface area (Å²) in [5.41, 5.74) is 12.2. The average Bonchev–Trinajstić information content (AvgIpc) is 1.61. The summed E-state index contributed by atoms with van der Waals surface area (Å²) >= 11 is 13.7. The van der Waals surface area contributed by atoms with Crippen molar-refractivity contribution < 1.29 is 18.2 Å². The van der Waals surface area contributed by atoms with Crippen LogP contribution >= 0.6 is 39.1 Å². The van der Waals surface area contributed by atoms with E-state index in [1.54, 1.807) is 16.1 Å². The van der Waals surface area contributed by atoms with Crippen molar-refractivity contribution in [1.29, 1.82) is 0 Å². The van der Waals surface area contributed by atoms with Crippen LogP contribution in [0.3, 0.4) is 0 Å². The Morgan fingerprint density at radius 3 is 1.32 bits per heavy atom. The normalized spacial score (nSPS) is 18.8. The number of alkyl halides is 2. The Morgan fingerprint density at radius 1 is 0.536 bits per heavy atom. The van der Waals surface area contributed by atoms with E-state index in [0.717, 1.165) is 139 Å². The fraction of sp³-hybridized carbons (Fsp3) is 0.455. The van der Waals surface area contributed by atoms with Gasteiger partial charge in [-0.3, -0.25) is 38.2 Å². The first-order valence-corrected chi connectivity index (χ1v) is 41.3. The highest BCUT2D eigenvalue weighted by molar-refractivity contribution is 9.10. The van der Waals surface area contributed by atoms with E-state index in [1.165, 1.54) is 0 Å². The van der Waals surface area contributed by atoms with Gasteiger partial charge in [-0.1, -0.05) is 144 Å². The van der Waals surface area contributed by atoms with E-state index < -0.39 is 16.6 Å². The van der Waals surface area contributed by atoms with Crippen molar-refractivity contribution in [3.63, 3.8) is 0 Å². The van der Waals surface area contributed by atoms with Gasteiger partial charge in [-0.05, 0) is 170 Å². The van der Waals surface area contributed by atoms with Crippen molar-refractivity contribution in [2.75, 3.05) is 0 Å². The minimum atomic E-state index is -1.83. The third-order valence-corrected chi connectivity index (χ3v) is 30.5. The van der Waals surface area contributed by atoms with E-state index in [4.69, 9.17) is 51.3 Å². The van der Waals surface area contributed by atoms with Gasteiger partial charge in [0, 0.05) is 88.2 Å². The molecule has 3 fully saturated rings. The van der Waals surface area contributed by atoms with Gasteiger partial charge in [0.05, 0.1) is 68.1 Å². The first-order valence-electron chi connectivity index (χ1n) is 33.8. The number of rotatable bonds is 10. The Hall–Kier alpha value is -6.06. The lowest BCUT2D eigenvalue weighted by Crippen LogP contribution is -2.45. The van der Waals surface area contributed by atoms with E-state index in [2.05, 4.69) is 182 Å². The number of aromatic nitrogens is 8. The SMILES string of the molecule is C.CC(Cl)Cl.CC1(C)OB(c2ccc(-c3ccccc3)nc2)OC1(C)C.Cn1c(=O)n(C2CCC(O[Si](C)(C)C(C)(C)C)CC2)c2c3cc(-c4ccc(-c5ccccc5)nc4)ccc3ncc21.Cn1c(=O)n(C2CCC(O[Si](C)(C)C(C)(C)C)CC2)c2c3cc(Br)ccc3ncc21. The summed E-state index contributed by atoms with van der Waals surface area (Å²) in [7, 11) is -0.251. The summed E-state index contributed by atoms with van der Waals surface area (Å²) < 4.78 is 34.0. The number of benzene rings is 4. The monoisotopic (exact) mass is 1450 g/mol. The Kier molecular flexibility index (Phi) is 23.3. The number of hydrogen-bond acceptors (Lipinski definition) is 10. The van der Waals surface area contributed by atoms with Crippen LogP contribution in [0.25, 0.3) is 77.5 Å². The first kappa shape index (κ1) is 75.1. The van der Waals surface area contributed by atoms with Crippen LogP contribution in [-0.4, -0.2) is 90.2 Å². The van der Waals surface area contributed by atoms with Gasteiger partial charge in [-0.15, -0.1) is 23.2 Å². The highest BCUT2D eigenvalue weighted by Crippen LogP contribution is 2.44. The molecule has 0 unspecified atom stereocenters. The largest absolute Gasteiger partial charge is 0.496 e. The van der Waals surface area contributed by atoms with Crippen LogP contribution in [0, 0.1) is 0 Å². The van der Waals surface area contributed by atoms with Gasteiger partial charge in [0.15, 0.2) is 16.6 Å². The molecule has 0 N–H and O–H groups in total. The summed E-state index contributed by atoms with van der Waals surface area (Å²) in [6.07, 6.45) is 15.8. The number of fused-ring (bicyclic) bond motifs is 6. The van der Waals surface area contributed by atoms with Crippen LogP contribution in [0.1, 0.15) is 147 Å². The molecule has 10 aromatic rings. The Bertz CT molecular complexity index is 4440. The molecule has 0 amide bonds. The predicted molar refractivity (Wildman–Crippen MR) is 414 cm³/mol. The molecule has 2 saturated carbocycles. The number of imidazole rings is 2. The quantitative estimate of drug-likeness (QED) is 0.0959.